The third-order valence-corrected chi connectivity index (χ3v) is 5.87. The Morgan fingerprint density at radius 2 is 2.13 bits per heavy atom. The first kappa shape index (κ1) is 20.2. The minimum Gasteiger partial charge on any atom is -0.385 e. The molecular weight excluding hydrogens is 402 g/mol. The summed E-state index contributed by atoms with van der Waals surface area (Å²) in [5.74, 6) is -0.634. The standard InChI is InChI=1S/C21H23N5O3S/c1-29-11-6-10-25(13-16-9-5-12-30-16)21(28)18-19-20(27)22-17(14-26(19)24-23-18)15-7-3-2-4-8-15/h2-5,7-9,12,17H,6,10-11,13-14H2,1H3,(H,22,27)/t17-/m1/s1. The fourth-order valence-corrected chi connectivity index (χ4v) is 4.24. The molecule has 156 valence electrons. The maximum absolute atomic E-state index is 13.3. The number of ether oxygens (including phenoxy) is 1. The maximum Gasteiger partial charge on any atom is 0.277 e. The zero-order chi connectivity index (χ0) is 20.9. The molecule has 1 atom stereocenters. The lowest BCUT2D eigenvalue weighted by Gasteiger charge is -2.25. The monoisotopic (exact) mass is 425 g/mol. The number of fused-ring (bicyclic) bond motifs is 1. The highest BCUT2D eigenvalue weighted by atomic mass is 32.1. The second kappa shape index (κ2) is 9.19. The van der Waals surface area contributed by atoms with Crippen molar-refractivity contribution in [2.75, 3.05) is 20.3 Å². The molecule has 0 fully saturated rings. The molecule has 0 unspecified atom stereocenters. The largest absolute Gasteiger partial charge is 0.385 e. The van der Waals surface area contributed by atoms with Gasteiger partial charge in [0, 0.05) is 25.1 Å². The molecule has 0 saturated heterocycles. The van der Waals surface area contributed by atoms with Gasteiger partial charge in [-0.25, -0.2) is 4.68 Å². The van der Waals surface area contributed by atoms with E-state index in [1.54, 1.807) is 23.3 Å². The first-order valence-electron chi connectivity index (χ1n) is 9.77. The van der Waals surface area contributed by atoms with E-state index in [2.05, 4.69) is 15.6 Å². The number of methoxy groups -OCH3 is 1. The van der Waals surface area contributed by atoms with Crippen LogP contribution in [0.3, 0.4) is 0 Å². The van der Waals surface area contributed by atoms with Crippen molar-refractivity contribution in [2.45, 2.75) is 25.6 Å². The minimum atomic E-state index is -0.337. The fraction of sp³-hybridized carbons (Fsp3) is 0.333. The molecule has 3 aromatic rings. The normalized spacial score (nSPS) is 15.5. The first-order valence-corrected chi connectivity index (χ1v) is 10.6. The van der Waals surface area contributed by atoms with E-state index in [1.807, 2.05) is 47.8 Å². The molecule has 8 nitrogen and oxygen atoms in total. The molecule has 0 bridgehead atoms. The van der Waals surface area contributed by atoms with Crippen LogP contribution in [-0.2, 0) is 17.8 Å². The van der Waals surface area contributed by atoms with Crippen LogP contribution in [-0.4, -0.2) is 52.0 Å². The lowest BCUT2D eigenvalue weighted by atomic mass is 10.0. The summed E-state index contributed by atoms with van der Waals surface area (Å²) >= 11 is 1.59. The van der Waals surface area contributed by atoms with Gasteiger partial charge in [-0.1, -0.05) is 41.6 Å². The summed E-state index contributed by atoms with van der Waals surface area (Å²) < 4.78 is 6.66. The Kier molecular flexibility index (Phi) is 6.20. The number of nitrogens with one attached hydrogen (secondary N) is 1. The Balaban J connectivity index is 1.57. The molecule has 1 aliphatic heterocycles. The van der Waals surface area contributed by atoms with Crippen LogP contribution in [0.5, 0.6) is 0 Å². The smallest absolute Gasteiger partial charge is 0.277 e. The van der Waals surface area contributed by atoms with Gasteiger partial charge in [0.05, 0.1) is 19.1 Å². The van der Waals surface area contributed by atoms with Crippen LogP contribution in [0.4, 0.5) is 0 Å². The minimum absolute atomic E-state index is 0.0907. The van der Waals surface area contributed by atoms with Crippen molar-refractivity contribution >= 4 is 23.2 Å². The number of nitrogens with zero attached hydrogens (tertiary/aromatic N) is 4. The average molecular weight is 426 g/mol. The number of aromatic nitrogens is 3. The van der Waals surface area contributed by atoms with E-state index in [4.69, 9.17) is 4.74 Å². The Hall–Kier alpha value is -3.04. The number of carbonyl (C=O) groups excluding carboxylic acids is 2. The Labute approximate surface area is 178 Å². The van der Waals surface area contributed by atoms with Gasteiger partial charge in [0.25, 0.3) is 11.8 Å². The predicted molar refractivity (Wildman–Crippen MR) is 112 cm³/mol. The molecule has 1 N–H and O–H groups in total. The van der Waals surface area contributed by atoms with Crippen LogP contribution in [0.2, 0.25) is 0 Å². The first-order chi connectivity index (χ1) is 14.7. The molecule has 2 aromatic heterocycles. The molecule has 0 aliphatic carbocycles. The van der Waals surface area contributed by atoms with E-state index in [1.165, 1.54) is 4.68 Å². The number of hydrogen-bond donors (Lipinski definition) is 1. The lowest BCUT2D eigenvalue weighted by Crippen LogP contribution is -2.41. The maximum atomic E-state index is 13.3. The van der Waals surface area contributed by atoms with E-state index in [-0.39, 0.29) is 29.2 Å². The number of hydrogen-bond acceptors (Lipinski definition) is 6. The van der Waals surface area contributed by atoms with Crippen molar-refractivity contribution in [3.63, 3.8) is 0 Å². The molecule has 0 radical (unpaired) electrons. The molecule has 3 heterocycles. The van der Waals surface area contributed by atoms with Gasteiger partial charge in [0.15, 0.2) is 11.4 Å². The molecule has 0 saturated carbocycles. The van der Waals surface area contributed by atoms with E-state index in [0.29, 0.717) is 32.7 Å². The van der Waals surface area contributed by atoms with Crippen LogP contribution >= 0.6 is 11.3 Å². The molecule has 1 aromatic carbocycles. The second-order valence-corrected chi connectivity index (χ2v) is 8.09. The summed E-state index contributed by atoms with van der Waals surface area (Å²) in [6.45, 7) is 1.94. The van der Waals surface area contributed by atoms with Crippen LogP contribution in [0, 0.1) is 0 Å². The molecule has 4 rings (SSSR count). The molecule has 0 spiro atoms. The van der Waals surface area contributed by atoms with E-state index < -0.39 is 0 Å². The molecular formula is C21H23N5O3S. The highest BCUT2D eigenvalue weighted by molar-refractivity contribution is 7.09. The van der Waals surface area contributed by atoms with Gasteiger partial charge < -0.3 is 15.0 Å². The van der Waals surface area contributed by atoms with Gasteiger partial charge >= 0.3 is 0 Å². The fourth-order valence-electron chi connectivity index (χ4n) is 3.52. The summed E-state index contributed by atoms with van der Waals surface area (Å²) in [6, 6.07) is 13.4. The predicted octanol–water partition coefficient (Wildman–Crippen LogP) is 2.50. The number of rotatable bonds is 8. The van der Waals surface area contributed by atoms with Gasteiger partial charge in [-0.05, 0) is 23.4 Å². The quantitative estimate of drug-likeness (QED) is 0.560. The van der Waals surface area contributed by atoms with Crippen LogP contribution in [0.1, 0.15) is 43.9 Å². The number of carbonyl (C=O) groups is 2. The molecule has 2 amide bonds. The summed E-state index contributed by atoms with van der Waals surface area (Å²) in [5.41, 5.74) is 1.29. The van der Waals surface area contributed by atoms with Crippen molar-refractivity contribution in [2.24, 2.45) is 0 Å². The van der Waals surface area contributed by atoms with E-state index >= 15 is 0 Å². The molecule has 9 heteroatoms. The molecule has 1 aliphatic rings. The third-order valence-electron chi connectivity index (χ3n) is 5.01. The zero-order valence-electron chi connectivity index (χ0n) is 16.7. The van der Waals surface area contributed by atoms with Crippen molar-refractivity contribution in [1.29, 1.82) is 0 Å². The van der Waals surface area contributed by atoms with Gasteiger partial charge in [0.2, 0.25) is 0 Å². The summed E-state index contributed by atoms with van der Waals surface area (Å²) in [6.07, 6.45) is 0.694. The van der Waals surface area contributed by atoms with Crippen LogP contribution in [0.25, 0.3) is 0 Å². The van der Waals surface area contributed by atoms with E-state index in [0.717, 1.165) is 10.4 Å². The summed E-state index contributed by atoms with van der Waals surface area (Å²) in [4.78, 5) is 28.9. The van der Waals surface area contributed by atoms with Crippen molar-refractivity contribution in [3.8, 4) is 0 Å². The Morgan fingerprint density at radius 1 is 1.30 bits per heavy atom. The summed E-state index contributed by atoms with van der Waals surface area (Å²) in [5, 5.41) is 13.2. The third kappa shape index (κ3) is 4.27. The summed E-state index contributed by atoms with van der Waals surface area (Å²) in [7, 11) is 1.63. The molecule has 30 heavy (non-hydrogen) atoms. The van der Waals surface area contributed by atoms with Crippen LogP contribution < -0.4 is 5.32 Å². The Morgan fingerprint density at radius 3 is 2.87 bits per heavy atom. The van der Waals surface area contributed by atoms with Crippen molar-refractivity contribution < 1.29 is 14.3 Å². The van der Waals surface area contributed by atoms with Gasteiger partial charge in [0.1, 0.15) is 0 Å². The number of benzene rings is 1. The number of thiophene rings is 1. The zero-order valence-corrected chi connectivity index (χ0v) is 17.5. The van der Waals surface area contributed by atoms with Gasteiger partial charge in [-0.3, -0.25) is 9.59 Å². The van der Waals surface area contributed by atoms with Crippen LogP contribution in [0.15, 0.2) is 47.8 Å². The highest BCUT2D eigenvalue weighted by Crippen LogP contribution is 2.23. The van der Waals surface area contributed by atoms with Gasteiger partial charge in [-0.2, -0.15) is 0 Å². The lowest BCUT2D eigenvalue weighted by molar-refractivity contribution is 0.0711. The van der Waals surface area contributed by atoms with E-state index in [9.17, 15) is 9.59 Å². The SMILES string of the molecule is COCCCN(Cc1cccs1)C(=O)c1nnn2c1C(=O)N[C@@H](c1ccccc1)C2. The van der Waals surface area contributed by atoms with Gasteiger partial charge in [-0.15, -0.1) is 16.4 Å². The van der Waals surface area contributed by atoms with Crippen molar-refractivity contribution in [1.82, 2.24) is 25.2 Å². The Bertz CT molecular complexity index is 1000. The highest BCUT2D eigenvalue weighted by Gasteiger charge is 2.34. The topological polar surface area (TPSA) is 89.3 Å². The average Bonchev–Trinajstić information content (AvgIpc) is 3.43. The number of amides is 2. The van der Waals surface area contributed by atoms with Crippen molar-refractivity contribution in [3.05, 3.63) is 69.7 Å². The second-order valence-electron chi connectivity index (χ2n) is 7.06.